The summed E-state index contributed by atoms with van der Waals surface area (Å²) in [5.41, 5.74) is 18.1. The van der Waals surface area contributed by atoms with Gasteiger partial charge >= 0.3 is 0 Å². The summed E-state index contributed by atoms with van der Waals surface area (Å²) in [5, 5.41) is 2.51. The largest absolute Gasteiger partial charge is 0.310 e. The van der Waals surface area contributed by atoms with Gasteiger partial charge in [0, 0.05) is 38.9 Å². The minimum Gasteiger partial charge on any atom is -0.310 e. The van der Waals surface area contributed by atoms with Gasteiger partial charge in [-0.05, 0) is 117 Å². The molecule has 0 fully saturated rings. The van der Waals surface area contributed by atoms with Gasteiger partial charge < -0.3 is 9.47 Å². The van der Waals surface area contributed by atoms with Crippen LogP contribution in [0.4, 0.5) is 17.1 Å². The molecular weight excluding hydrogens is 665 g/mol. The van der Waals surface area contributed by atoms with E-state index in [1.807, 2.05) is 6.08 Å². The minimum atomic E-state index is -0.144. The predicted molar refractivity (Wildman–Crippen MR) is 234 cm³/mol. The fraction of sp³-hybridized carbons (Fsp3) is 0.0566. The average molecular weight is 705 g/mol. The van der Waals surface area contributed by atoms with Crippen LogP contribution in [0.3, 0.4) is 0 Å². The molecule has 0 bridgehead atoms. The fourth-order valence-electron chi connectivity index (χ4n) is 8.70. The zero-order valence-electron chi connectivity index (χ0n) is 31.1. The molecule has 1 aliphatic rings. The van der Waals surface area contributed by atoms with Crippen molar-refractivity contribution in [3.63, 3.8) is 0 Å². The number of benzene rings is 8. The molecule has 0 spiro atoms. The van der Waals surface area contributed by atoms with E-state index >= 15 is 0 Å². The molecule has 0 saturated heterocycles. The number of anilines is 3. The van der Waals surface area contributed by atoms with Crippen molar-refractivity contribution in [2.24, 2.45) is 0 Å². The van der Waals surface area contributed by atoms with Gasteiger partial charge in [-0.1, -0.05) is 148 Å². The number of hydrogen-bond donors (Lipinski definition) is 0. The quantitative estimate of drug-likeness (QED) is 0.160. The Hall–Kier alpha value is -6.90. The highest BCUT2D eigenvalue weighted by Crippen LogP contribution is 2.51. The molecule has 0 aliphatic heterocycles. The lowest BCUT2D eigenvalue weighted by Gasteiger charge is -2.28. The van der Waals surface area contributed by atoms with Crippen molar-refractivity contribution in [2.75, 3.05) is 4.90 Å². The van der Waals surface area contributed by atoms with Gasteiger partial charge in [-0.25, -0.2) is 0 Å². The smallest absolute Gasteiger partial charge is 0.0541 e. The number of fused-ring (bicyclic) bond motifs is 6. The number of para-hydroxylation sites is 2. The van der Waals surface area contributed by atoms with Crippen molar-refractivity contribution < 1.29 is 0 Å². The van der Waals surface area contributed by atoms with E-state index in [-0.39, 0.29) is 5.41 Å². The first-order chi connectivity index (χ1) is 27.0. The zero-order chi connectivity index (χ0) is 37.1. The van der Waals surface area contributed by atoms with Crippen LogP contribution in [-0.4, -0.2) is 4.57 Å². The first-order valence-corrected chi connectivity index (χ1v) is 19.0. The van der Waals surface area contributed by atoms with Gasteiger partial charge in [-0.3, -0.25) is 0 Å². The molecule has 1 aromatic heterocycles. The third kappa shape index (κ3) is 5.41. The van der Waals surface area contributed by atoms with Crippen LogP contribution < -0.4 is 4.90 Å². The van der Waals surface area contributed by atoms with Crippen molar-refractivity contribution in [1.29, 1.82) is 0 Å². The monoisotopic (exact) mass is 704 g/mol. The van der Waals surface area contributed by atoms with Crippen molar-refractivity contribution in [1.82, 2.24) is 4.57 Å². The fourth-order valence-corrected chi connectivity index (χ4v) is 8.70. The Morgan fingerprint density at radius 3 is 1.67 bits per heavy atom. The Labute approximate surface area is 322 Å². The Morgan fingerprint density at radius 2 is 0.982 bits per heavy atom. The van der Waals surface area contributed by atoms with E-state index < -0.39 is 0 Å². The Morgan fingerprint density at radius 1 is 0.455 bits per heavy atom. The maximum atomic E-state index is 4.04. The van der Waals surface area contributed by atoms with Crippen molar-refractivity contribution >= 4 is 44.9 Å². The average Bonchev–Trinajstić information content (AvgIpc) is 3.69. The van der Waals surface area contributed by atoms with Crippen LogP contribution in [0.5, 0.6) is 0 Å². The van der Waals surface area contributed by atoms with Gasteiger partial charge in [0.25, 0.3) is 0 Å². The molecule has 1 aliphatic carbocycles. The molecule has 0 amide bonds. The topological polar surface area (TPSA) is 8.17 Å². The van der Waals surface area contributed by atoms with E-state index in [1.165, 1.54) is 72.0 Å². The summed E-state index contributed by atoms with van der Waals surface area (Å²) in [5.74, 6) is 0. The predicted octanol–water partition coefficient (Wildman–Crippen LogP) is 14.5. The second-order valence-electron chi connectivity index (χ2n) is 15.1. The Kier molecular flexibility index (Phi) is 7.67. The van der Waals surface area contributed by atoms with Crippen molar-refractivity contribution in [3.05, 3.63) is 211 Å². The van der Waals surface area contributed by atoms with Crippen LogP contribution in [0.2, 0.25) is 0 Å². The summed E-state index contributed by atoms with van der Waals surface area (Å²) in [4.78, 5) is 2.39. The van der Waals surface area contributed by atoms with Crippen LogP contribution in [0, 0.1) is 0 Å². The van der Waals surface area contributed by atoms with Gasteiger partial charge in [-0.15, -0.1) is 0 Å². The lowest BCUT2D eigenvalue weighted by atomic mass is 9.81. The van der Waals surface area contributed by atoms with Gasteiger partial charge in [0.15, 0.2) is 0 Å². The van der Waals surface area contributed by atoms with Crippen molar-refractivity contribution in [2.45, 2.75) is 19.3 Å². The molecule has 0 unspecified atom stereocenters. The molecule has 2 heteroatoms. The molecule has 262 valence electrons. The zero-order valence-corrected chi connectivity index (χ0v) is 31.1. The molecule has 0 atom stereocenters. The Bertz CT molecular complexity index is 2880. The van der Waals surface area contributed by atoms with Gasteiger partial charge in [-0.2, -0.15) is 0 Å². The maximum Gasteiger partial charge on any atom is 0.0541 e. The van der Waals surface area contributed by atoms with Gasteiger partial charge in [0.2, 0.25) is 0 Å². The molecule has 0 saturated carbocycles. The maximum absolute atomic E-state index is 4.04. The molecule has 55 heavy (non-hydrogen) atoms. The molecule has 9 aromatic rings. The van der Waals surface area contributed by atoms with Crippen LogP contribution in [0.15, 0.2) is 195 Å². The third-order valence-electron chi connectivity index (χ3n) is 11.6. The minimum absolute atomic E-state index is 0.144. The first-order valence-electron chi connectivity index (χ1n) is 19.0. The molecule has 0 N–H and O–H groups in total. The number of nitrogens with zero attached hydrogens (tertiary/aromatic N) is 2. The standard InChI is InChI=1S/C53H40N2/c1-4-36-19-30-45-46-31-29-44(35-50(46)53(2,3)49(45)33-36)54(42-25-20-38(21-26-42)37-13-7-5-8-14-37)43-27-22-39(23-28-43)40-24-32-52-48(34-40)47-17-11-12-18-51(47)55(52)41-15-9-6-10-16-41/h4-35H,1H2,2-3H3. The first kappa shape index (κ1) is 32.7. The lowest BCUT2D eigenvalue weighted by molar-refractivity contribution is 0.660. The second kappa shape index (κ2) is 12.9. The summed E-state index contributed by atoms with van der Waals surface area (Å²) >= 11 is 0. The third-order valence-corrected chi connectivity index (χ3v) is 11.6. The summed E-state index contributed by atoms with van der Waals surface area (Å²) in [7, 11) is 0. The van der Waals surface area contributed by atoms with Gasteiger partial charge in [0.1, 0.15) is 0 Å². The summed E-state index contributed by atoms with van der Waals surface area (Å²) in [6.07, 6.45) is 1.94. The van der Waals surface area contributed by atoms with Crippen LogP contribution in [0.25, 0.3) is 66.9 Å². The van der Waals surface area contributed by atoms with Crippen LogP contribution in [0.1, 0.15) is 30.5 Å². The summed E-state index contributed by atoms with van der Waals surface area (Å²) < 4.78 is 2.37. The molecular formula is C53H40N2. The molecule has 2 nitrogen and oxygen atoms in total. The van der Waals surface area contributed by atoms with E-state index in [0.717, 1.165) is 22.6 Å². The normalized spacial score (nSPS) is 12.8. The highest BCUT2D eigenvalue weighted by molar-refractivity contribution is 6.10. The SMILES string of the molecule is C=Cc1ccc2c(c1)C(C)(C)c1cc(N(c3ccc(-c4ccccc4)cc3)c3ccc(-c4ccc5c(c4)c4ccccc4n5-c4ccccc4)cc3)ccc1-2. The molecule has 10 rings (SSSR count). The van der Waals surface area contributed by atoms with E-state index in [1.54, 1.807) is 0 Å². The molecule has 8 aromatic carbocycles. The number of aromatic nitrogens is 1. The second-order valence-corrected chi connectivity index (χ2v) is 15.1. The van der Waals surface area contributed by atoms with E-state index in [4.69, 9.17) is 0 Å². The molecule has 0 radical (unpaired) electrons. The van der Waals surface area contributed by atoms with Gasteiger partial charge in [0.05, 0.1) is 11.0 Å². The summed E-state index contributed by atoms with van der Waals surface area (Å²) in [6.45, 7) is 8.73. The molecule has 1 heterocycles. The van der Waals surface area contributed by atoms with E-state index in [2.05, 4.69) is 218 Å². The lowest BCUT2D eigenvalue weighted by Crippen LogP contribution is -2.16. The van der Waals surface area contributed by atoms with Crippen LogP contribution >= 0.6 is 0 Å². The highest BCUT2D eigenvalue weighted by Gasteiger charge is 2.36. The summed E-state index contributed by atoms with van der Waals surface area (Å²) in [6, 6.07) is 68.6. The van der Waals surface area contributed by atoms with E-state index in [0.29, 0.717) is 0 Å². The van der Waals surface area contributed by atoms with Crippen LogP contribution in [-0.2, 0) is 5.41 Å². The Balaban J connectivity index is 1.07. The number of hydrogen-bond acceptors (Lipinski definition) is 1. The van der Waals surface area contributed by atoms with E-state index in [9.17, 15) is 0 Å². The number of rotatable bonds is 7. The van der Waals surface area contributed by atoms with Crippen molar-refractivity contribution in [3.8, 4) is 39.1 Å². The highest BCUT2D eigenvalue weighted by atomic mass is 15.1.